The minimum absolute atomic E-state index is 0.311. The molecule has 9 heterocycles. The first kappa shape index (κ1) is 81.1. The van der Waals surface area contributed by atoms with Crippen LogP contribution in [0, 0.1) is 0 Å². The van der Waals surface area contributed by atoms with Crippen LogP contribution in [0.4, 0.5) is 0 Å². The monoisotopic (exact) mass is 1840 g/mol. The molecule has 0 aliphatic carbocycles. The number of nitrogens with zero attached hydrogens (tertiary/aromatic N) is 3. The largest absolute Gasteiger partial charge is 0.456 e. The third-order valence-corrected chi connectivity index (χ3v) is 30.6. The summed E-state index contributed by atoms with van der Waals surface area (Å²) in [5, 5.41) is 21.5. The quantitative estimate of drug-likeness (QED) is 0.104. The molecular formula is C129H75N3O7S2. The van der Waals surface area contributed by atoms with Crippen LogP contribution in [0.5, 0.6) is 0 Å². The lowest BCUT2D eigenvalue weighted by Crippen LogP contribution is -2.02. The van der Waals surface area contributed by atoms with Crippen LogP contribution in [-0.2, 0) is 0 Å². The molecule has 10 nitrogen and oxygen atoms in total. The molecule has 30 aromatic rings. The predicted molar refractivity (Wildman–Crippen MR) is 589 cm³/mol. The maximum atomic E-state index is 13.5. The zero-order valence-electron chi connectivity index (χ0n) is 75.3. The minimum atomic E-state index is -0.337. The van der Waals surface area contributed by atoms with Gasteiger partial charge in [0.15, 0.2) is 0 Å². The zero-order chi connectivity index (χ0) is 93.2. The fraction of sp³-hybridized carbons (Fsp3) is 0. The molecule has 9 aromatic heterocycles. The first-order valence-corrected chi connectivity index (χ1v) is 48.8. The fourth-order valence-corrected chi connectivity index (χ4v) is 24.2. The van der Waals surface area contributed by atoms with Crippen molar-refractivity contribution in [3.8, 4) is 83.8 Å². The Balaban J connectivity index is 0.000000104. The van der Waals surface area contributed by atoms with Gasteiger partial charge in [-0.05, 0) is 253 Å². The number of para-hydroxylation sites is 9. The van der Waals surface area contributed by atoms with E-state index >= 15 is 0 Å². The van der Waals surface area contributed by atoms with E-state index in [1.807, 2.05) is 121 Å². The van der Waals surface area contributed by atoms with Crippen molar-refractivity contribution in [3.05, 3.63) is 486 Å². The Bertz CT molecular complexity index is 10300. The molecule has 0 spiro atoms. The summed E-state index contributed by atoms with van der Waals surface area (Å²) in [4.78, 5) is 39.7. The third-order valence-electron chi connectivity index (χ3n) is 28.3. The Morgan fingerprint density at radius 1 is 0.156 bits per heavy atom. The molecule has 0 bridgehead atoms. The van der Waals surface area contributed by atoms with Gasteiger partial charge in [-0.3, -0.25) is 0 Å². The molecule has 0 saturated carbocycles. The first-order valence-electron chi connectivity index (χ1n) is 47.2. The first-order chi connectivity index (χ1) is 69.6. The molecule has 0 aliphatic heterocycles. The standard InChI is InChI=1S/C43H25NO3.2C43H25NO2S/c45-43-35-25-28(17-20-31(35)33-12-5-7-15-39(33)47-43)30-13-8-16-41-42(30)36-24-27(19-22-40(36)46-41)26-18-21-38-34(23-26)32-11-4-6-14-37(32)44(38)29-9-2-1-3-10-29;45-43-42-31(30-13-5-7-18-38(30)46-43)14-8-15-33(42)32-16-9-19-40-41(32)35-25-27(21-23-39(35)47-40)26-20-22-37-34(24-26)29-12-4-6-17-36(29)44(37)28-10-2-1-3-11-28;45-43-35-25-28(17-20-31(35)33-12-5-7-15-39(33)46-43)30-13-8-16-41-42(30)36-24-27(19-22-40(36)47-41)26-18-21-38-34(23-26)32-11-4-6-14-37(32)44(38)29-9-2-1-3-10-29/h3*1-25H. The molecule has 0 aliphatic rings. The van der Waals surface area contributed by atoms with Gasteiger partial charge in [0.2, 0.25) is 0 Å². The van der Waals surface area contributed by atoms with E-state index in [2.05, 4.69) is 347 Å². The topological polar surface area (TPSA) is 119 Å². The van der Waals surface area contributed by atoms with Gasteiger partial charge in [0.25, 0.3) is 0 Å². The smallest absolute Gasteiger partial charge is 0.344 e. The van der Waals surface area contributed by atoms with E-state index in [-0.39, 0.29) is 16.9 Å². The van der Waals surface area contributed by atoms with Crippen LogP contribution < -0.4 is 16.9 Å². The van der Waals surface area contributed by atoms with Gasteiger partial charge in [-0.2, -0.15) is 0 Å². The average molecular weight is 1840 g/mol. The van der Waals surface area contributed by atoms with Crippen LogP contribution in [0.3, 0.4) is 0 Å². The lowest BCUT2D eigenvalue weighted by Gasteiger charge is -2.10. The number of furan rings is 1. The van der Waals surface area contributed by atoms with Crippen LogP contribution in [-0.4, -0.2) is 13.7 Å². The number of rotatable bonds is 9. The lowest BCUT2D eigenvalue weighted by atomic mass is 9.93. The van der Waals surface area contributed by atoms with Gasteiger partial charge in [-0.15, -0.1) is 22.7 Å². The van der Waals surface area contributed by atoms with E-state index in [0.29, 0.717) is 32.9 Å². The Kier molecular flexibility index (Phi) is 18.7. The van der Waals surface area contributed by atoms with E-state index in [9.17, 15) is 14.4 Å². The fourth-order valence-electron chi connectivity index (χ4n) is 22.0. The summed E-state index contributed by atoms with van der Waals surface area (Å²) in [6.45, 7) is 0. The van der Waals surface area contributed by atoms with E-state index in [1.165, 1.54) is 117 Å². The number of benzene rings is 21. The Labute approximate surface area is 811 Å². The summed E-state index contributed by atoms with van der Waals surface area (Å²) < 4.78 is 35.5. The molecule has 660 valence electrons. The number of aromatic nitrogens is 3. The van der Waals surface area contributed by atoms with Crippen LogP contribution >= 0.6 is 22.7 Å². The second-order valence-corrected chi connectivity index (χ2v) is 38.3. The van der Waals surface area contributed by atoms with Crippen LogP contribution in [0.15, 0.2) is 487 Å². The van der Waals surface area contributed by atoms with Crippen molar-refractivity contribution in [1.29, 1.82) is 0 Å². The van der Waals surface area contributed by atoms with Crippen LogP contribution in [0.25, 0.3) is 277 Å². The molecule has 0 atom stereocenters. The Morgan fingerprint density at radius 3 is 0.908 bits per heavy atom. The van der Waals surface area contributed by atoms with Gasteiger partial charge in [0.1, 0.15) is 27.9 Å². The summed E-state index contributed by atoms with van der Waals surface area (Å²) >= 11 is 3.59. The molecule has 0 fully saturated rings. The lowest BCUT2D eigenvalue weighted by molar-refractivity contribution is 0.569. The van der Waals surface area contributed by atoms with Crippen molar-refractivity contribution < 1.29 is 17.7 Å². The molecule has 0 radical (unpaired) electrons. The summed E-state index contributed by atoms with van der Waals surface area (Å²) in [5.74, 6) is 0. The average Bonchev–Trinajstić information content (AvgIpc) is 1.72. The summed E-state index contributed by atoms with van der Waals surface area (Å²) in [6, 6.07) is 158. The van der Waals surface area contributed by atoms with E-state index < -0.39 is 0 Å². The molecule has 141 heavy (non-hydrogen) atoms. The maximum Gasteiger partial charge on any atom is 0.344 e. The second-order valence-electron chi connectivity index (χ2n) is 36.1. The Morgan fingerprint density at radius 2 is 0.454 bits per heavy atom. The SMILES string of the molecule is O=c1oc2ccccc2c2ccc(-c3cccc4oc5ccc(-c6ccc7c(c6)c6ccccc6n7-c6ccccc6)cc5c34)cc12.O=c1oc2ccccc2c2ccc(-c3cccc4sc5ccc(-c6ccc7c(c6)c6ccccc6n7-c6ccccc6)cc5c34)cc12.O=c1oc2ccccc2c2cccc(-c3cccc4sc5ccc(-c6ccc7c(c6)c6ccccc6n7-c6ccccc6)cc5c34)c12. The van der Waals surface area contributed by atoms with Gasteiger partial charge in [-0.1, -0.05) is 279 Å². The van der Waals surface area contributed by atoms with Crippen LogP contribution in [0.1, 0.15) is 0 Å². The third kappa shape index (κ3) is 13.2. The van der Waals surface area contributed by atoms with E-state index in [4.69, 9.17) is 17.7 Å². The highest BCUT2D eigenvalue weighted by Gasteiger charge is 2.25. The van der Waals surface area contributed by atoms with Gasteiger partial charge < -0.3 is 31.4 Å². The molecule has 0 N–H and O–H groups in total. The molecule has 0 saturated heterocycles. The van der Waals surface area contributed by atoms with Gasteiger partial charge in [-0.25, -0.2) is 14.4 Å². The summed E-state index contributed by atoms with van der Waals surface area (Å²) in [5.41, 5.74) is 26.0. The highest BCUT2D eigenvalue weighted by atomic mass is 32.1. The number of thiophene rings is 2. The van der Waals surface area contributed by atoms with E-state index in [1.54, 1.807) is 22.7 Å². The van der Waals surface area contributed by atoms with Gasteiger partial charge >= 0.3 is 16.9 Å². The van der Waals surface area contributed by atoms with E-state index in [0.717, 1.165) is 127 Å². The summed E-state index contributed by atoms with van der Waals surface area (Å²) in [7, 11) is 0. The highest BCUT2D eigenvalue weighted by molar-refractivity contribution is 7.26. The molecular weight excluding hydrogens is 1770 g/mol. The molecule has 0 amide bonds. The predicted octanol–water partition coefficient (Wildman–Crippen LogP) is 34.8. The number of hydrogen-bond acceptors (Lipinski definition) is 9. The van der Waals surface area contributed by atoms with Crippen LogP contribution in [0.2, 0.25) is 0 Å². The molecule has 12 heteroatoms. The van der Waals surface area contributed by atoms with Crippen molar-refractivity contribution in [2.24, 2.45) is 0 Å². The summed E-state index contributed by atoms with van der Waals surface area (Å²) in [6.07, 6.45) is 0. The van der Waals surface area contributed by atoms with Crippen molar-refractivity contribution >= 4 is 216 Å². The molecule has 0 unspecified atom stereocenters. The van der Waals surface area contributed by atoms with Crippen molar-refractivity contribution in [2.45, 2.75) is 0 Å². The minimum Gasteiger partial charge on any atom is -0.456 e. The number of fused-ring (bicyclic) bond motifs is 27. The zero-order valence-corrected chi connectivity index (χ0v) is 77.0. The van der Waals surface area contributed by atoms with Gasteiger partial charge in [0, 0.05) is 122 Å². The van der Waals surface area contributed by atoms with Gasteiger partial charge in [0.05, 0.1) is 49.3 Å². The molecule has 21 aromatic carbocycles. The molecule has 30 rings (SSSR count). The highest BCUT2D eigenvalue weighted by Crippen LogP contribution is 2.49. The maximum absolute atomic E-state index is 13.5. The van der Waals surface area contributed by atoms with Crippen molar-refractivity contribution in [2.75, 3.05) is 0 Å². The Hall–Kier alpha value is -18.3. The second kappa shape index (κ2) is 32.4. The van der Waals surface area contributed by atoms with Crippen molar-refractivity contribution in [3.63, 3.8) is 0 Å². The van der Waals surface area contributed by atoms with Crippen molar-refractivity contribution in [1.82, 2.24) is 13.7 Å². The normalized spacial score (nSPS) is 11.9. The number of hydrogen-bond donors (Lipinski definition) is 0.